The van der Waals surface area contributed by atoms with Gasteiger partial charge in [-0.05, 0) is 33.2 Å². The fourth-order valence-electron chi connectivity index (χ4n) is 1.77. The molecule has 18 heavy (non-hydrogen) atoms. The number of nitrogens with one attached hydrogen (secondary N) is 1. The van der Waals surface area contributed by atoms with Gasteiger partial charge in [-0.1, -0.05) is 0 Å². The Bertz CT molecular complexity index is 519. The Balaban J connectivity index is 2.43. The van der Waals surface area contributed by atoms with E-state index in [4.69, 9.17) is 9.31 Å². The first-order valence-electron chi connectivity index (χ1n) is 5.80. The third-order valence-corrected chi connectivity index (χ3v) is 3.62. The Morgan fingerprint density at radius 3 is 2.28 bits per heavy atom. The van der Waals surface area contributed by atoms with Gasteiger partial charge < -0.3 is 14.3 Å². The van der Waals surface area contributed by atoms with Crippen molar-refractivity contribution in [2.75, 3.05) is 0 Å². The Labute approximate surface area is 106 Å². The smallest absolute Gasteiger partial charge is 0.399 e. The van der Waals surface area contributed by atoms with Gasteiger partial charge in [0.2, 0.25) is 5.56 Å². The van der Waals surface area contributed by atoms with E-state index < -0.39 is 18.3 Å². The van der Waals surface area contributed by atoms with Gasteiger partial charge in [0.15, 0.2) is 6.29 Å². The second-order valence-electron chi connectivity index (χ2n) is 5.41. The van der Waals surface area contributed by atoms with E-state index in [1.54, 1.807) is 0 Å². The lowest BCUT2D eigenvalue weighted by molar-refractivity contribution is 0.00578. The van der Waals surface area contributed by atoms with Crippen molar-refractivity contribution in [3.63, 3.8) is 0 Å². The Morgan fingerprint density at radius 1 is 1.22 bits per heavy atom. The van der Waals surface area contributed by atoms with Crippen LogP contribution in [0.4, 0.5) is 0 Å². The fraction of sp³-hybridized carbons (Fsp3) is 0.500. The zero-order valence-corrected chi connectivity index (χ0v) is 10.9. The molecule has 0 aromatic carbocycles. The maximum absolute atomic E-state index is 11.4. The average molecular weight is 249 g/mol. The fourth-order valence-corrected chi connectivity index (χ4v) is 1.77. The molecule has 1 aliphatic heterocycles. The van der Waals surface area contributed by atoms with Crippen LogP contribution in [0.1, 0.15) is 38.1 Å². The van der Waals surface area contributed by atoms with Crippen molar-refractivity contribution in [2.45, 2.75) is 38.9 Å². The number of hydrogen-bond donors (Lipinski definition) is 1. The maximum Gasteiger partial charge on any atom is 0.495 e. The van der Waals surface area contributed by atoms with E-state index in [1.165, 1.54) is 12.3 Å². The van der Waals surface area contributed by atoms with Crippen LogP contribution in [-0.4, -0.2) is 29.6 Å². The monoisotopic (exact) mass is 249 g/mol. The van der Waals surface area contributed by atoms with Crippen LogP contribution in [0.2, 0.25) is 0 Å². The highest BCUT2D eigenvalue weighted by Crippen LogP contribution is 2.36. The number of carbonyl (C=O) groups is 1. The molecular weight excluding hydrogens is 233 g/mol. The van der Waals surface area contributed by atoms with Gasteiger partial charge in [-0.15, -0.1) is 0 Å². The minimum Gasteiger partial charge on any atom is -0.399 e. The van der Waals surface area contributed by atoms with Crippen molar-refractivity contribution in [1.29, 1.82) is 0 Å². The highest BCUT2D eigenvalue weighted by atomic mass is 16.7. The third-order valence-electron chi connectivity index (χ3n) is 3.62. The highest BCUT2D eigenvalue weighted by Gasteiger charge is 2.52. The lowest BCUT2D eigenvalue weighted by Crippen LogP contribution is -2.41. The highest BCUT2D eigenvalue weighted by molar-refractivity contribution is 6.63. The molecule has 1 N–H and O–H groups in total. The zero-order chi connectivity index (χ0) is 13.6. The molecule has 2 heterocycles. The summed E-state index contributed by atoms with van der Waals surface area (Å²) in [5.74, 6) is 0. The summed E-state index contributed by atoms with van der Waals surface area (Å²) >= 11 is 0. The number of hydrogen-bond acceptors (Lipinski definition) is 4. The minimum absolute atomic E-state index is 0.287. The van der Waals surface area contributed by atoms with Gasteiger partial charge in [0.05, 0.1) is 11.2 Å². The summed E-state index contributed by atoms with van der Waals surface area (Å²) in [5, 5.41) is 0. The van der Waals surface area contributed by atoms with Gasteiger partial charge in [-0.25, -0.2) is 0 Å². The average Bonchev–Trinajstić information content (AvgIpc) is 2.48. The van der Waals surface area contributed by atoms with Crippen molar-refractivity contribution in [3.8, 4) is 0 Å². The molecule has 2 rings (SSSR count). The first kappa shape index (κ1) is 13.0. The largest absolute Gasteiger partial charge is 0.495 e. The molecular formula is C12H16BNO4. The minimum atomic E-state index is -0.697. The van der Waals surface area contributed by atoms with Crippen molar-refractivity contribution >= 4 is 18.9 Å². The molecule has 0 atom stereocenters. The topological polar surface area (TPSA) is 68.4 Å². The summed E-state index contributed by atoms with van der Waals surface area (Å²) in [5.41, 5.74) is -0.452. The van der Waals surface area contributed by atoms with E-state index in [2.05, 4.69) is 4.98 Å². The Morgan fingerprint density at radius 2 is 1.78 bits per heavy atom. The molecule has 0 spiro atoms. The van der Waals surface area contributed by atoms with Crippen LogP contribution in [0.25, 0.3) is 0 Å². The quantitative estimate of drug-likeness (QED) is 0.611. The van der Waals surface area contributed by atoms with E-state index in [1.807, 2.05) is 27.7 Å². The van der Waals surface area contributed by atoms with Crippen molar-refractivity contribution in [1.82, 2.24) is 4.98 Å². The summed E-state index contributed by atoms with van der Waals surface area (Å²) in [6.07, 6.45) is 2.05. The van der Waals surface area contributed by atoms with Crippen LogP contribution >= 0.6 is 0 Å². The van der Waals surface area contributed by atoms with Crippen LogP contribution in [0, 0.1) is 0 Å². The lowest BCUT2D eigenvalue weighted by atomic mass is 9.77. The van der Waals surface area contributed by atoms with Crippen molar-refractivity contribution < 1.29 is 14.1 Å². The number of pyridine rings is 1. The van der Waals surface area contributed by atoms with E-state index in [-0.39, 0.29) is 5.56 Å². The third kappa shape index (κ3) is 2.02. The van der Waals surface area contributed by atoms with Crippen molar-refractivity contribution in [2.24, 2.45) is 0 Å². The summed E-state index contributed by atoms with van der Waals surface area (Å²) in [7, 11) is -0.697. The van der Waals surface area contributed by atoms with Crippen molar-refractivity contribution in [3.05, 3.63) is 28.2 Å². The van der Waals surface area contributed by atoms with E-state index >= 15 is 0 Å². The SMILES string of the molecule is CC1(C)OB(c2cc(=O)[nH]cc2C=O)OC1(C)C. The molecule has 0 unspecified atom stereocenters. The second-order valence-corrected chi connectivity index (χ2v) is 5.41. The number of aromatic amines is 1. The molecule has 5 nitrogen and oxygen atoms in total. The number of carbonyl (C=O) groups excluding carboxylic acids is 1. The number of aromatic nitrogens is 1. The summed E-state index contributed by atoms with van der Waals surface area (Å²) in [6.45, 7) is 7.67. The molecule has 96 valence electrons. The van der Waals surface area contributed by atoms with E-state index in [9.17, 15) is 9.59 Å². The number of aldehydes is 1. The van der Waals surface area contributed by atoms with Gasteiger partial charge in [0.25, 0.3) is 0 Å². The van der Waals surface area contributed by atoms with Crippen LogP contribution in [0.5, 0.6) is 0 Å². The molecule has 1 aromatic rings. The molecule has 0 aliphatic carbocycles. The Hall–Kier alpha value is -1.40. The molecule has 0 bridgehead atoms. The normalized spacial score (nSPS) is 21.0. The van der Waals surface area contributed by atoms with Gasteiger partial charge in [-0.3, -0.25) is 9.59 Å². The Kier molecular flexibility index (Phi) is 2.95. The van der Waals surface area contributed by atoms with Gasteiger partial charge in [-0.2, -0.15) is 0 Å². The predicted octanol–water partition coefficient (Wildman–Crippen LogP) is 0.487. The molecule has 0 saturated carbocycles. The van der Waals surface area contributed by atoms with Crippen LogP contribution in [-0.2, 0) is 9.31 Å². The van der Waals surface area contributed by atoms with E-state index in [0.29, 0.717) is 17.3 Å². The van der Waals surface area contributed by atoms with Gasteiger partial charge in [0.1, 0.15) is 0 Å². The lowest BCUT2D eigenvalue weighted by Gasteiger charge is -2.32. The van der Waals surface area contributed by atoms with Gasteiger partial charge >= 0.3 is 7.12 Å². The van der Waals surface area contributed by atoms with Gasteiger partial charge in [0, 0.05) is 17.8 Å². The molecule has 1 fully saturated rings. The van der Waals surface area contributed by atoms with Crippen LogP contribution in [0.15, 0.2) is 17.1 Å². The molecule has 0 amide bonds. The first-order valence-corrected chi connectivity index (χ1v) is 5.80. The number of rotatable bonds is 2. The first-order chi connectivity index (χ1) is 8.27. The number of H-pyrrole nitrogens is 1. The molecule has 0 radical (unpaired) electrons. The summed E-state index contributed by atoms with van der Waals surface area (Å²) < 4.78 is 11.6. The van der Waals surface area contributed by atoms with E-state index in [0.717, 1.165) is 0 Å². The van der Waals surface area contributed by atoms with Crippen LogP contribution in [0.3, 0.4) is 0 Å². The molecule has 1 saturated heterocycles. The molecule has 6 heteroatoms. The predicted molar refractivity (Wildman–Crippen MR) is 68.2 cm³/mol. The zero-order valence-electron chi connectivity index (χ0n) is 10.9. The summed E-state index contributed by atoms with van der Waals surface area (Å²) in [4.78, 5) is 24.8. The summed E-state index contributed by atoms with van der Waals surface area (Å²) in [6, 6.07) is 1.34. The molecule has 1 aliphatic rings. The second kappa shape index (κ2) is 4.07. The molecule has 1 aromatic heterocycles. The maximum atomic E-state index is 11.4. The van der Waals surface area contributed by atoms with Crippen LogP contribution < -0.4 is 11.0 Å². The standard InChI is InChI=1S/C12H16BNO4/c1-11(2)12(3,4)18-13(17-11)9-5-10(16)14-6-8(9)7-15/h5-7H,1-4H3,(H,14,16).